The number of nitrogens with two attached hydrogens (primary N) is 1. The highest BCUT2D eigenvalue weighted by molar-refractivity contribution is 5.90. The van der Waals surface area contributed by atoms with E-state index >= 15 is 0 Å². The van der Waals surface area contributed by atoms with Crippen LogP contribution in [-0.4, -0.2) is 21.5 Å². The van der Waals surface area contributed by atoms with Gasteiger partial charge in [-0.2, -0.15) is 0 Å². The van der Waals surface area contributed by atoms with Gasteiger partial charge >= 0.3 is 5.97 Å². The zero-order chi connectivity index (χ0) is 14.1. The smallest absolute Gasteiger partial charge is 0.357 e. The number of nitrogen functional groups attached to an aromatic ring is 1. The summed E-state index contributed by atoms with van der Waals surface area (Å²) in [5.41, 5.74) is 8.26. The first-order valence-electron chi connectivity index (χ1n) is 7.10. The van der Waals surface area contributed by atoms with E-state index in [1.807, 2.05) is 6.92 Å². The lowest BCUT2D eigenvalue weighted by Crippen LogP contribution is -2.22. The summed E-state index contributed by atoms with van der Waals surface area (Å²) in [6.07, 6.45) is 7.19. The molecule has 20 heavy (non-hydrogen) atoms. The Hall–Kier alpha value is -2.04. The van der Waals surface area contributed by atoms with Crippen molar-refractivity contribution in [1.82, 2.24) is 9.38 Å². The Balaban J connectivity index is 1.90. The second-order valence-electron chi connectivity index (χ2n) is 5.40. The molecule has 1 fully saturated rings. The zero-order valence-electron chi connectivity index (χ0n) is 11.6. The van der Waals surface area contributed by atoms with E-state index in [4.69, 9.17) is 10.5 Å². The second-order valence-corrected chi connectivity index (χ2v) is 5.40. The van der Waals surface area contributed by atoms with E-state index in [1.54, 1.807) is 22.7 Å². The number of hydrogen-bond donors (Lipinski definition) is 1. The van der Waals surface area contributed by atoms with Crippen LogP contribution in [0.1, 0.15) is 48.3 Å². The molecule has 0 aliphatic heterocycles. The van der Waals surface area contributed by atoms with Crippen molar-refractivity contribution >= 4 is 17.3 Å². The van der Waals surface area contributed by atoms with E-state index in [0.29, 0.717) is 22.7 Å². The molecule has 5 nitrogen and oxygen atoms in total. The lowest BCUT2D eigenvalue weighted by molar-refractivity contribution is 0.0202. The summed E-state index contributed by atoms with van der Waals surface area (Å²) >= 11 is 0. The third kappa shape index (κ3) is 2.35. The average Bonchev–Trinajstić information content (AvgIpc) is 2.75. The molecule has 3 rings (SSSR count). The van der Waals surface area contributed by atoms with Crippen LogP contribution in [0.25, 0.3) is 5.65 Å². The van der Waals surface area contributed by atoms with Crippen LogP contribution in [0.4, 0.5) is 5.69 Å². The van der Waals surface area contributed by atoms with Crippen molar-refractivity contribution in [2.45, 2.75) is 45.1 Å². The minimum atomic E-state index is -0.299. The molecular weight excluding hydrogens is 254 g/mol. The number of fused-ring (bicyclic) bond motifs is 1. The van der Waals surface area contributed by atoms with Crippen molar-refractivity contribution in [2.75, 3.05) is 5.73 Å². The number of nitrogens with zero attached hydrogens (tertiary/aromatic N) is 2. The van der Waals surface area contributed by atoms with Crippen LogP contribution in [0, 0.1) is 6.92 Å². The van der Waals surface area contributed by atoms with E-state index in [0.717, 1.165) is 25.7 Å². The molecule has 0 atom stereocenters. The maximum Gasteiger partial charge on any atom is 0.357 e. The molecule has 106 valence electrons. The Morgan fingerprint density at radius 3 is 2.85 bits per heavy atom. The molecule has 0 bridgehead atoms. The molecule has 1 aliphatic carbocycles. The molecule has 2 heterocycles. The fraction of sp³-hybridized carbons (Fsp3) is 0.467. The van der Waals surface area contributed by atoms with Gasteiger partial charge in [0.15, 0.2) is 5.69 Å². The Labute approximate surface area is 117 Å². The summed E-state index contributed by atoms with van der Waals surface area (Å²) < 4.78 is 7.34. The van der Waals surface area contributed by atoms with Crippen LogP contribution in [0.3, 0.4) is 0 Å². The first-order chi connectivity index (χ1) is 9.65. The normalized spacial score (nSPS) is 16.4. The van der Waals surface area contributed by atoms with Crippen molar-refractivity contribution in [2.24, 2.45) is 0 Å². The summed E-state index contributed by atoms with van der Waals surface area (Å²) in [6.45, 7) is 1.82. The number of anilines is 1. The number of aryl methyl sites for hydroxylation is 1. The van der Waals surface area contributed by atoms with Gasteiger partial charge in [-0.25, -0.2) is 9.78 Å². The first kappa shape index (κ1) is 13.0. The lowest BCUT2D eigenvalue weighted by Gasteiger charge is -2.21. The van der Waals surface area contributed by atoms with Crippen molar-refractivity contribution in [3.8, 4) is 0 Å². The van der Waals surface area contributed by atoms with Crippen LogP contribution in [0.15, 0.2) is 18.3 Å². The number of ether oxygens (including phenoxy) is 1. The molecule has 0 saturated heterocycles. The molecule has 5 heteroatoms. The number of imidazole rings is 1. The van der Waals surface area contributed by atoms with Gasteiger partial charge in [-0.15, -0.1) is 0 Å². The van der Waals surface area contributed by atoms with Gasteiger partial charge in [0.25, 0.3) is 0 Å². The number of rotatable bonds is 2. The van der Waals surface area contributed by atoms with E-state index in [2.05, 4.69) is 4.98 Å². The lowest BCUT2D eigenvalue weighted by atomic mass is 9.98. The highest BCUT2D eigenvalue weighted by Crippen LogP contribution is 2.23. The largest absolute Gasteiger partial charge is 0.458 e. The monoisotopic (exact) mass is 273 g/mol. The third-order valence-electron chi connectivity index (χ3n) is 3.83. The zero-order valence-corrected chi connectivity index (χ0v) is 11.6. The Morgan fingerprint density at radius 1 is 1.35 bits per heavy atom. The summed E-state index contributed by atoms with van der Waals surface area (Å²) in [7, 11) is 0. The molecule has 0 radical (unpaired) electrons. The third-order valence-corrected chi connectivity index (χ3v) is 3.83. The topological polar surface area (TPSA) is 69.6 Å². The SMILES string of the molecule is Cc1nc2ccc(N)cn2c1C(=O)OC1CCCCC1. The summed E-state index contributed by atoms with van der Waals surface area (Å²) in [5.74, 6) is -0.299. The van der Waals surface area contributed by atoms with Crippen molar-refractivity contribution < 1.29 is 9.53 Å². The van der Waals surface area contributed by atoms with E-state index in [-0.39, 0.29) is 12.1 Å². The molecule has 0 aromatic carbocycles. The Bertz CT molecular complexity index is 642. The second kappa shape index (κ2) is 5.15. The maximum absolute atomic E-state index is 12.4. The Morgan fingerprint density at radius 2 is 2.10 bits per heavy atom. The Kier molecular flexibility index (Phi) is 3.34. The van der Waals surface area contributed by atoms with Gasteiger partial charge in [-0.3, -0.25) is 4.40 Å². The maximum atomic E-state index is 12.4. The first-order valence-corrected chi connectivity index (χ1v) is 7.10. The standard InChI is InChI=1S/C15H19N3O2/c1-10-14(15(19)20-12-5-3-2-4-6-12)18-9-11(16)7-8-13(18)17-10/h7-9,12H,2-6,16H2,1H3. The molecule has 2 aromatic heterocycles. The number of aromatic nitrogens is 2. The van der Waals surface area contributed by atoms with Crippen molar-refractivity contribution in [3.63, 3.8) is 0 Å². The van der Waals surface area contributed by atoms with Crippen molar-refractivity contribution in [1.29, 1.82) is 0 Å². The molecule has 1 aliphatic rings. The van der Waals surface area contributed by atoms with Crippen molar-refractivity contribution in [3.05, 3.63) is 29.7 Å². The highest BCUT2D eigenvalue weighted by Gasteiger charge is 2.23. The van der Waals surface area contributed by atoms with Gasteiger partial charge in [-0.1, -0.05) is 6.42 Å². The number of carbonyl (C=O) groups is 1. The summed E-state index contributed by atoms with van der Waals surface area (Å²) in [4.78, 5) is 16.8. The van der Waals surface area contributed by atoms with Gasteiger partial charge in [0.1, 0.15) is 11.8 Å². The average molecular weight is 273 g/mol. The predicted octanol–water partition coefficient (Wildman–Crippen LogP) is 2.71. The van der Waals surface area contributed by atoms with Crippen LogP contribution in [-0.2, 0) is 4.74 Å². The molecule has 1 saturated carbocycles. The van der Waals surface area contributed by atoms with Gasteiger partial charge in [0.05, 0.1) is 5.69 Å². The fourth-order valence-electron chi connectivity index (χ4n) is 2.81. The van der Waals surface area contributed by atoms with E-state index in [1.165, 1.54) is 6.42 Å². The van der Waals surface area contributed by atoms with Gasteiger partial charge in [0, 0.05) is 11.9 Å². The summed E-state index contributed by atoms with van der Waals surface area (Å²) in [6, 6.07) is 3.58. The molecule has 2 aromatic rings. The molecular formula is C15H19N3O2. The number of pyridine rings is 1. The molecule has 0 spiro atoms. The van der Waals surface area contributed by atoms with Crippen LogP contribution < -0.4 is 5.73 Å². The van der Waals surface area contributed by atoms with E-state index in [9.17, 15) is 4.79 Å². The van der Waals surface area contributed by atoms with Crippen LogP contribution in [0.5, 0.6) is 0 Å². The fourth-order valence-corrected chi connectivity index (χ4v) is 2.81. The van der Waals surface area contributed by atoms with Gasteiger partial charge < -0.3 is 10.5 Å². The molecule has 0 unspecified atom stereocenters. The number of hydrogen-bond acceptors (Lipinski definition) is 4. The molecule has 2 N–H and O–H groups in total. The van der Waals surface area contributed by atoms with Crippen LogP contribution >= 0.6 is 0 Å². The van der Waals surface area contributed by atoms with Gasteiger partial charge in [-0.05, 0) is 44.7 Å². The van der Waals surface area contributed by atoms with Crippen LogP contribution in [0.2, 0.25) is 0 Å². The quantitative estimate of drug-likeness (QED) is 0.854. The predicted molar refractivity (Wildman–Crippen MR) is 76.6 cm³/mol. The van der Waals surface area contributed by atoms with Gasteiger partial charge in [0.2, 0.25) is 0 Å². The van der Waals surface area contributed by atoms with E-state index < -0.39 is 0 Å². The molecule has 0 amide bonds. The highest BCUT2D eigenvalue weighted by atomic mass is 16.5. The number of esters is 1. The summed E-state index contributed by atoms with van der Waals surface area (Å²) in [5, 5.41) is 0. The number of carbonyl (C=O) groups excluding carboxylic acids is 1. The minimum Gasteiger partial charge on any atom is -0.458 e. The minimum absolute atomic E-state index is 0.0438.